The Balaban J connectivity index is 2.45. The fourth-order valence-corrected chi connectivity index (χ4v) is 4.15. The number of benzene rings is 2. The van der Waals surface area contributed by atoms with Gasteiger partial charge in [-0.1, -0.05) is 57.2 Å². The van der Waals surface area contributed by atoms with Gasteiger partial charge in [0.05, 0.1) is 10.6 Å². The molecule has 0 heterocycles. The van der Waals surface area contributed by atoms with Crippen molar-refractivity contribution >= 4 is 21.6 Å². The Morgan fingerprint density at radius 3 is 2.19 bits per heavy atom. The van der Waals surface area contributed by atoms with Gasteiger partial charge in [-0.15, -0.1) is 0 Å². The summed E-state index contributed by atoms with van der Waals surface area (Å²) in [6, 6.07) is 15.5. The van der Waals surface area contributed by atoms with E-state index in [4.69, 9.17) is 0 Å². The van der Waals surface area contributed by atoms with Crippen LogP contribution in [0, 0.1) is 5.92 Å². The number of hydrogen-bond acceptors (Lipinski definition) is 3. The van der Waals surface area contributed by atoms with E-state index in [0.717, 1.165) is 5.56 Å². The fraction of sp³-hybridized carbons (Fsp3) is 0.381. The molecular weight excluding hydrogens is 360 g/mol. The molecule has 1 amide bonds. The van der Waals surface area contributed by atoms with E-state index >= 15 is 0 Å². The molecule has 1 atom stereocenters. The van der Waals surface area contributed by atoms with Gasteiger partial charge < -0.3 is 5.32 Å². The van der Waals surface area contributed by atoms with E-state index in [1.807, 2.05) is 39.8 Å². The Morgan fingerprint density at radius 2 is 1.59 bits per heavy atom. The van der Waals surface area contributed by atoms with E-state index in [-0.39, 0.29) is 29.3 Å². The van der Waals surface area contributed by atoms with Crippen LogP contribution in [-0.2, 0) is 21.2 Å². The molecule has 2 aromatic rings. The standard InChI is InChI=1S/C21H28N2O3S/c1-5-18-11-9-10-14-20(18)23(15-21(24)22-17(4)16(2)3)27(25,26)19-12-7-6-8-13-19/h6-14,16-17H,5,15H2,1-4H3,(H,22,24)/t17-/m0/s1. The normalized spacial score (nSPS) is 12.6. The predicted molar refractivity (Wildman–Crippen MR) is 109 cm³/mol. The second kappa shape index (κ2) is 9.04. The summed E-state index contributed by atoms with van der Waals surface area (Å²) < 4.78 is 27.8. The molecule has 0 saturated carbocycles. The highest BCUT2D eigenvalue weighted by atomic mass is 32.2. The van der Waals surface area contributed by atoms with Crippen molar-refractivity contribution in [3.63, 3.8) is 0 Å². The van der Waals surface area contributed by atoms with Gasteiger partial charge in [0.1, 0.15) is 6.54 Å². The Hall–Kier alpha value is -2.34. The van der Waals surface area contributed by atoms with Crippen LogP contribution in [0.2, 0.25) is 0 Å². The third-order valence-corrected chi connectivity index (χ3v) is 6.42. The lowest BCUT2D eigenvalue weighted by Gasteiger charge is -2.27. The number of carbonyl (C=O) groups excluding carboxylic acids is 1. The van der Waals surface area contributed by atoms with Crippen LogP contribution in [0.1, 0.15) is 33.3 Å². The SMILES string of the molecule is CCc1ccccc1N(CC(=O)N[C@@H](C)C(C)C)S(=O)(=O)c1ccccc1. The second-order valence-electron chi connectivity index (χ2n) is 6.91. The molecule has 0 radical (unpaired) electrons. The number of amides is 1. The molecule has 0 aliphatic heterocycles. The molecule has 146 valence electrons. The van der Waals surface area contributed by atoms with Crippen LogP contribution in [0.3, 0.4) is 0 Å². The van der Waals surface area contributed by atoms with Gasteiger partial charge in [-0.25, -0.2) is 8.42 Å². The van der Waals surface area contributed by atoms with Gasteiger partial charge in [-0.2, -0.15) is 0 Å². The van der Waals surface area contributed by atoms with Crippen LogP contribution in [0.25, 0.3) is 0 Å². The minimum atomic E-state index is -3.87. The number of hydrogen-bond donors (Lipinski definition) is 1. The first-order valence-electron chi connectivity index (χ1n) is 9.22. The van der Waals surface area contributed by atoms with Gasteiger partial charge in [-0.05, 0) is 43.0 Å². The third kappa shape index (κ3) is 5.10. The number of nitrogens with zero attached hydrogens (tertiary/aromatic N) is 1. The smallest absolute Gasteiger partial charge is 0.264 e. The number of rotatable bonds is 8. The molecule has 1 N–H and O–H groups in total. The van der Waals surface area contributed by atoms with E-state index < -0.39 is 10.0 Å². The summed E-state index contributed by atoms with van der Waals surface area (Å²) in [6.45, 7) is 7.64. The van der Waals surface area contributed by atoms with Crippen molar-refractivity contribution in [2.75, 3.05) is 10.8 Å². The van der Waals surface area contributed by atoms with Gasteiger partial charge >= 0.3 is 0 Å². The maximum absolute atomic E-state index is 13.3. The summed E-state index contributed by atoms with van der Waals surface area (Å²) in [4.78, 5) is 12.8. The van der Waals surface area contributed by atoms with Crippen molar-refractivity contribution in [3.05, 3.63) is 60.2 Å². The molecule has 6 heteroatoms. The summed E-state index contributed by atoms with van der Waals surface area (Å²) in [5.41, 5.74) is 1.41. The summed E-state index contributed by atoms with van der Waals surface area (Å²) in [6.07, 6.45) is 0.668. The molecule has 0 bridgehead atoms. The van der Waals surface area contributed by atoms with E-state index in [1.54, 1.807) is 42.5 Å². The first kappa shape index (κ1) is 21.0. The Bertz CT molecular complexity index is 864. The van der Waals surface area contributed by atoms with Gasteiger partial charge in [0.25, 0.3) is 10.0 Å². The van der Waals surface area contributed by atoms with Crippen molar-refractivity contribution in [3.8, 4) is 0 Å². The predicted octanol–water partition coefficient (Wildman–Crippen LogP) is 3.61. The molecule has 5 nitrogen and oxygen atoms in total. The van der Waals surface area contributed by atoms with Crippen molar-refractivity contribution < 1.29 is 13.2 Å². The highest BCUT2D eigenvalue weighted by Crippen LogP contribution is 2.27. The molecular formula is C21H28N2O3S. The Labute approximate surface area is 162 Å². The topological polar surface area (TPSA) is 66.5 Å². The minimum Gasteiger partial charge on any atom is -0.352 e. The van der Waals surface area contributed by atoms with Crippen molar-refractivity contribution in [2.24, 2.45) is 5.92 Å². The van der Waals surface area contributed by atoms with E-state index in [1.165, 1.54) is 4.31 Å². The molecule has 0 unspecified atom stereocenters. The zero-order valence-corrected chi connectivity index (χ0v) is 17.2. The second-order valence-corrected chi connectivity index (χ2v) is 8.77. The maximum atomic E-state index is 13.3. The van der Waals surface area contributed by atoms with Gasteiger partial charge in [0.2, 0.25) is 5.91 Å². The highest BCUT2D eigenvalue weighted by Gasteiger charge is 2.28. The lowest BCUT2D eigenvalue weighted by atomic mass is 10.1. The lowest BCUT2D eigenvalue weighted by molar-refractivity contribution is -0.120. The molecule has 2 rings (SSSR count). The lowest BCUT2D eigenvalue weighted by Crippen LogP contribution is -2.45. The largest absolute Gasteiger partial charge is 0.352 e. The summed E-state index contributed by atoms with van der Waals surface area (Å²) >= 11 is 0. The van der Waals surface area contributed by atoms with Crippen LogP contribution in [0.15, 0.2) is 59.5 Å². The van der Waals surface area contributed by atoms with Gasteiger partial charge in [0.15, 0.2) is 0 Å². The van der Waals surface area contributed by atoms with Gasteiger partial charge in [0, 0.05) is 6.04 Å². The molecule has 27 heavy (non-hydrogen) atoms. The summed E-state index contributed by atoms with van der Waals surface area (Å²) in [5.74, 6) is -0.0577. The van der Waals surface area contributed by atoms with Crippen LogP contribution >= 0.6 is 0 Å². The molecule has 2 aromatic carbocycles. The molecule has 0 aliphatic carbocycles. The number of sulfonamides is 1. The van der Waals surface area contributed by atoms with Crippen LogP contribution in [0.4, 0.5) is 5.69 Å². The average molecular weight is 389 g/mol. The molecule has 0 saturated heterocycles. The van der Waals surface area contributed by atoms with Crippen LogP contribution < -0.4 is 9.62 Å². The zero-order valence-electron chi connectivity index (χ0n) is 16.3. The minimum absolute atomic E-state index is 0.0415. The van der Waals surface area contributed by atoms with Crippen LogP contribution in [0.5, 0.6) is 0 Å². The zero-order chi connectivity index (χ0) is 20.0. The Morgan fingerprint density at radius 1 is 1.00 bits per heavy atom. The monoisotopic (exact) mass is 388 g/mol. The molecule has 0 fully saturated rings. The highest BCUT2D eigenvalue weighted by molar-refractivity contribution is 7.92. The van der Waals surface area contributed by atoms with Gasteiger partial charge in [-0.3, -0.25) is 9.10 Å². The number of aryl methyl sites for hydroxylation is 1. The summed E-state index contributed by atoms with van der Waals surface area (Å²) in [7, 11) is -3.87. The van der Waals surface area contributed by atoms with Crippen molar-refractivity contribution in [1.82, 2.24) is 5.32 Å². The van der Waals surface area contributed by atoms with E-state index in [0.29, 0.717) is 12.1 Å². The number of carbonyl (C=O) groups is 1. The number of nitrogens with one attached hydrogen (secondary N) is 1. The molecule has 0 aliphatic rings. The van der Waals surface area contributed by atoms with E-state index in [9.17, 15) is 13.2 Å². The van der Waals surface area contributed by atoms with Crippen molar-refractivity contribution in [2.45, 2.75) is 45.1 Å². The first-order chi connectivity index (χ1) is 12.8. The summed E-state index contributed by atoms with van der Waals surface area (Å²) in [5, 5.41) is 2.90. The number of para-hydroxylation sites is 1. The number of anilines is 1. The molecule has 0 spiro atoms. The van der Waals surface area contributed by atoms with Crippen molar-refractivity contribution in [1.29, 1.82) is 0 Å². The quantitative estimate of drug-likeness (QED) is 0.751. The van der Waals surface area contributed by atoms with E-state index in [2.05, 4.69) is 5.32 Å². The Kier molecular flexibility index (Phi) is 7.02. The average Bonchev–Trinajstić information content (AvgIpc) is 2.66. The first-order valence-corrected chi connectivity index (χ1v) is 10.7. The third-order valence-electron chi connectivity index (χ3n) is 4.65. The fourth-order valence-electron chi connectivity index (χ4n) is 2.67. The van der Waals surface area contributed by atoms with Crippen LogP contribution in [-0.4, -0.2) is 26.9 Å². The maximum Gasteiger partial charge on any atom is 0.264 e. The molecule has 0 aromatic heterocycles.